The fraction of sp³-hybridized carbons (Fsp3) is 0.0667. The molecular weight excluding hydrogens is 276 g/mol. The minimum absolute atomic E-state index is 0.200. The molecule has 0 aliphatic carbocycles. The Balaban J connectivity index is 2.21. The summed E-state index contributed by atoms with van der Waals surface area (Å²) < 4.78 is 0. The average molecular weight is 289 g/mol. The molecule has 2 rings (SSSR count). The standard InChI is InChI=1S/C15H13ClN2O2/c1-10(19)17-13-7-2-3-8-14(13)18-15(20)11-5-4-6-12(16)9-11/h2-9H,1H3,(H,17,19)(H,18,20). The Morgan fingerprint density at radius 1 is 0.950 bits per heavy atom. The molecule has 0 spiro atoms. The number of halogens is 1. The normalized spacial score (nSPS) is 9.90. The SMILES string of the molecule is CC(=O)Nc1ccccc1NC(=O)c1cccc(Cl)c1. The van der Waals surface area contributed by atoms with Gasteiger partial charge in [-0.25, -0.2) is 0 Å². The maximum absolute atomic E-state index is 12.1. The molecule has 0 saturated heterocycles. The van der Waals surface area contributed by atoms with Gasteiger partial charge in [-0.05, 0) is 30.3 Å². The van der Waals surface area contributed by atoms with Crippen molar-refractivity contribution in [3.8, 4) is 0 Å². The van der Waals surface area contributed by atoms with Crippen LogP contribution < -0.4 is 10.6 Å². The lowest BCUT2D eigenvalue weighted by atomic mass is 10.2. The first kappa shape index (κ1) is 14.1. The number of hydrogen-bond acceptors (Lipinski definition) is 2. The number of carbonyl (C=O) groups is 2. The third-order valence-corrected chi connectivity index (χ3v) is 2.81. The fourth-order valence-electron chi connectivity index (χ4n) is 1.71. The van der Waals surface area contributed by atoms with Crippen molar-refractivity contribution >= 4 is 34.8 Å². The maximum Gasteiger partial charge on any atom is 0.255 e. The monoisotopic (exact) mass is 288 g/mol. The second-order valence-electron chi connectivity index (χ2n) is 4.19. The molecule has 5 heteroatoms. The number of carbonyl (C=O) groups excluding carboxylic acids is 2. The number of hydrogen-bond donors (Lipinski definition) is 2. The summed E-state index contributed by atoms with van der Waals surface area (Å²) in [5, 5.41) is 5.90. The molecule has 0 fully saturated rings. The zero-order chi connectivity index (χ0) is 14.5. The van der Waals surface area contributed by atoms with Gasteiger partial charge in [-0.1, -0.05) is 29.8 Å². The summed E-state index contributed by atoms with van der Waals surface area (Å²) in [5.41, 5.74) is 1.54. The van der Waals surface area contributed by atoms with Crippen molar-refractivity contribution in [2.24, 2.45) is 0 Å². The van der Waals surface area contributed by atoms with Gasteiger partial charge in [-0.3, -0.25) is 9.59 Å². The molecule has 2 aromatic carbocycles. The topological polar surface area (TPSA) is 58.2 Å². The molecule has 2 amide bonds. The van der Waals surface area contributed by atoms with Crippen LogP contribution in [-0.4, -0.2) is 11.8 Å². The Morgan fingerprint density at radius 3 is 2.20 bits per heavy atom. The van der Waals surface area contributed by atoms with Crippen LogP contribution in [0.25, 0.3) is 0 Å². The Morgan fingerprint density at radius 2 is 1.60 bits per heavy atom. The van der Waals surface area contributed by atoms with Gasteiger partial charge in [-0.2, -0.15) is 0 Å². The largest absolute Gasteiger partial charge is 0.325 e. The van der Waals surface area contributed by atoms with Gasteiger partial charge in [0.25, 0.3) is 5.91 Å². The summed E-state index contributed by atoms with van der Waals surface area (Å²) in [6.07, 6.45) is 0. The highest BCUT2D eigenvalue weighted by Crippen LogP contribution is 2.22. The smallest absolute Gasteiger partial charge is 0.255 e. The third-order valence-electron chi connectivity index (χ3n) is 2.57. The first-order valence-corrected chi connectivity index (χ1v) is 6.37. The highest BCUT2D eigenvalue weighted by atomic mass is 35.5. The Hall–Kier alpha value is -2.33. The van der Waals surface area contributed by atoms with E-state index in [9.17, 15) is 9.59 Å². The molecule has 0 saturated carbocycles. The van der Waals surface area contributed by atoms with Gasteiger partial charge in [0.05, 0.1) is 11.4 Å². The molecule has 0 aromatic heterocycles. The van der Waals surface area contributed by atoms with Crippen LogP contribution >= 0.6 is 11.6 Å². The van der Waals surface area contributed by atoms with Crippen LogP contribution in [0.3, 0.4) is 0 Å². The average Bonchev–Trinajstić information content (AvgIpc) is 2.40. The van der Waals surface area contributed by atoms with Gasteiger partial charge in [0, 0.05) is 17.5 Å². The molecule has 102 valence electrons. The molecule has 0 aliphatic heterocycles. The molecule has 0 heterocycles. The van der Waals surface area contributed by atoms with E-state index >= 15 is 0 Å². The van der Waals surface area contributed by atoms with Gasteiger partial charge in [0.15, 0.2) is 0 Å². The molecule has 0 radical (unpaired) electrons. The number of anilines is 2. The van der Waals surface area contributed by atoms with E-state index < -0.39 is 0 Å². The summed E-state index contributed by atoms with van der Waals surface area (Å²) in [5.74, 6) is -0.486. The molecule has 0 unspecified atom stereocenters. The highest BCUT2D eigenvalue weighted by Gasteiger charge is 2.09. The number of amides is 2. The predicted octanol–water partition coefficient (Wildman–Crippen LogP) is 3.55. The van der Waals surface area contributed by atoms with Crippen LogP contribution in [-0.2, 0) is 4.79 Å². The molecule has 2 aromatic rings. The zero-order valence-corrected chi connectivity index (χ0v) is 11.6. The Kier molecular flexibility index (Phi) is 4.38. The van der Waals surface area contributed by atoms with Gasteiger partial charge in [0.2, 0.25) is 5.91 Å². The molecule has 0 atom stereocenters. The first-order chi connectivity index (χ1) is 9.56. The number of para-hydroxylation sites is 2. The molecule has 2 N–H and O–H groups in total. The molecule has 20 heavy (non-hydrogen) atoms. The van der Waals surface area contributed by atoms with Crippen molar-refractivity contribution in [1.29, 1.82) is 0 Å². The van der Waals surface area contributed by atoms with E-state index in [1.54, 1.807) is 48.5 Å². The lowest BCUT2D eigenvalue weighted by molar-refractivity contribution is -0.114. The Labute approximate surface area is 121 Å². The molecule has 4 nitrogen and oxygen atoms in total. The Bertz CT molecular complexity index is 656. The van der Waals surface area contributed by atoms with Gasteiger partial charge < -0.3 is 10.6 Å². The second kappa shape index (κ2) is 6.21. The van der Waals surface area contributed by atoms with Crippen LogP contribution in [0, 0.1) is 0 Å². The van der Waals surface area contributed by atoms with Gasteiger partial charge in [-0.15, -0.1) is 0 Å². The van der Waals surface area contributed by atoms with Crippen molar-refractivity contribution in [3.63, 3.8) is 0 Å². The minimum atomic E-state index is -0.287. The van der Waals surface area contributed by atoms with E-state index in [0.29, 0.717) is 22.0 Å². The quantitative estimate of drug-likeness (QED) is 0.907. The first-order valence-electron chi connectivity index (χ1n) is 6.00. The highest BCUT2D eigenvalue weighted by molar-refractivity contribution is 6.31. The number of benzene rings is 2. The zero-order valence-electron chi connectivity index (χ0n) is 10.8. The van der Waals surface area contributed by atoms with Crippen molar-refractivity contribution in [1.82, 2.24) is 0 Å². The van der Waals surface area contributed by atoms with Crippen molar-refractivity contribution in [2.75, 3.05) is 10.6 Å². The summed E-state index contributed by atoms with van der Waals surface area (Å²) in [7, 11) is 0. The van der Waals surface area contributed by atoms with Crippen molar-refractivity contribution in [3.05, 3.63) is 59.1 Å². The lowest BCUT2D eigenvalue weighted by Gasteiger charge is -2.11. The van der Waals surface area contributed by atoms with E-state index in [-0.39, 0.29) is 11.8 Å². The van der Waals surface area contributed by atoms with Crippen LogP contribution in [0.5, 0.6) is 0 Å². The number of rotatable bonds is 3. The summed E-state index contributed by atoms with van der Waals surface area (Å²) >= 11 is 5.86. The molecular formula is C15H13ClN2O2. The maximum atomic E-state index is 12.1. The van der Waals surface area contributed by atoms with E-state index in [4.69, 9.17) is 11.6 Å². The van der Waals surface area contributed by atoms with E-state index in [1.165, 1.54) is 6.92 Å². The minimum Gasteiger partial charge on any atom is -0.325 e. The summed E-state index contributed by atoms with van der Waals surface area (Å²) in [6, 6.07) is 13.6. The van der Waals surface area contributed by atoms with E-state index in [1.807, 2.05) is 0 Å². The van der Waals surface area contributed by atoms with Crippen LogP contribution in [0.1, 0.15) is 17.3 Å². The third kappa shape index (κ3) is 3.59. The molecule has 0 aliphatic rings. The van der Waals surface area contributed by atoms with Crippen LogP contribution in [0.15, 0.2) is 48.5 Å². The predicted molar refractivity (Wildman–Crippen MR) is 80.2 cm³/mol. The van der Waals surface area contributed by atoms with E-state index in [0.717, 1.165) is 0 Å². The van der Waals surface area contributed by atoms with Crippen LogP contribution in [0.2, 0.25) is 5.02 Å². The van der Waals surface area contributed by atoms with Gasteiger partial charge >= 0.3 is 0 Å². The van der Waals surface area contributed by atoms with Crippen LogP contribution in [0.4, 0.5) is 11.4 Å². The van der Waals surface area contributed by atoms with Crippen molar-refractivity contribution < 1.29 is 9.59 Å². The fourth-order valence-corrected chi connectivity index (χ4v) is 1.91. The lowest BCUT2D eigenvalue weighted by Crippen LogP contribution is -2.15. The van der Waals surface area contributed by atoms with Gasteiger partial charge in [0.1, 0.15) is 0 Å². The second-order valence-corrected chi connectivity index (χ2v) is 4.63. The summed E-state index contributed by atoms with van der Waals surface area (Å²) in [6.45, 7) is 1.41. The van der Waals surface area contributed by atoms with Crippen molar-refractivity contribution in [2.45, 2.75) is 6.92 Å². The molecule has 0 bridgehead atoms. The number of nitrogens with one attached hydrogen (secondary N) is 2. The summed E-state index contributed by atoms with van der Waals surface area (Å²) in [4.78, 5) is 23.2. The van der Waals surface area contributed by atoms with E-state index in [2.05, 4.69) is 10.6 Å².